The van der Waals surface area contributed by atoms with Crippen LogP contribution in [0.2, 0.25) is 0 Å². The lowest BCUT2D eigenvalue weighted by Crippen LogP contribution is -2.26. The van der Waals surface area contributed by atoms with Crippen LogP contribution in [-0.2, 0) is 0 Å². The van der Waals surface area contributed by atoms with E-state index in [-0.39, 0.29) is 18.5 Å². The van der Waals surface area contributed by atoms with Crippen LogP contribution in [0.3, 0.4) is 0 Å². The normalized spacial score (nSPS) is 12.0. The van der Waals surface area contributed by atoms with Crippen molar-refractivity contribution in [2.75, 3.05) is 13.6 Å². The molecule has 2 aromatic heterocycles. The maximum absolute atomic E-state index is 12.1. The van der Waals surface area contributed by atoms with Crippen LogP contribution < -0.4 is 5.73 Å². The highest BCUT2D eigenvalue weighted by Crippen LogP contribution is 2.21. The standard InChI is InChI=1S/C12H15N7OS/c1-7(14)10-16-8(2)17-19(10)12-15-6-9(21-12)11(20)18(3)5-4-13/h6-7H,5,14H2,1-3H3. The summed E-state index contributed by atoms with van der Waals surface area (Å²) in [6, 6.07) is 1.63. The van der Waals surface area contributed by atoms with Gasteiger partial charge < -0.3 is 10.6 Å². The monoisotopic (exact) mass is 305 g/mol. The molecular weight excluding hydrogens is 290 g/mol. The summed E-state index contributed by atoms with van der Waals surface area (Å²) in [5.74, 6) is 0.928. The lowest BCUT2D eigenvalue weighted by molar-refractivity contribution is 0.0816. The summed E-state index contributed by atoms with van der Waals surface area (Å²) < 4.78 is 1.55. The van der Waals surface area contributed by atoms with Crippen LogP contribution in [0.15, 0.2) is 6.20 Å². The van der Waals surface area contributed by atoms with Crippen LogP contribution >= 0.6 is 11.3 Å². The molecule has 110 valence electrons. The number of hydrogen-bond donors (Lipinski definition) is 1. The average molecular weight is 305 g/mol. The summed E-state index contributed by atoms with van der Waals surface area (Å²) >= 11 is 1.19. The van der Waals surface area contributed by atoms with E-state index in [0.717, 1.165) is 0 Å². The van der Waals surface area contributed by atoms with Gasteiger partial charge in [-0.25, -0.2) is 9.97 Å². The minimum Gasteiger partial charge on any atom is -0.328 e. The van der Waals surface area contributed by atoms with Gasteiger partial charge in [0.15, 0.2) is 5.82 Å². The quantitative estimate of drug-likeness (QED) is 0.829. The summed E-state index contributed by atoms with van der Waals surface area (Å²) in [6.45, 7) is 3.60. The van der Waals surface area contributed by atoms with Crippen molar-refractivity contribution in [1.29, 1.82) is 5.26 Å². The van der Waals surface area contributed by atoms with Crippen LogP contribution in [0.5, 0.6) is 0 Å². The van der Waals surface area contributed by atoms with Gasteiger partial charge in [-0.05, 0) is 13.8 Å². The Morgan fingerprint density at radius 2 is 2.38 bits per heavy atom. The molecule has 21 heavy (non-hydrogen) atoms. The highest BCUT2D eigenvalue weighted by molar-refractivity contribution is 7.16. The zero-order valence-electron chi connectivity index (χ0n) is 11.9. The van der Waals surface area contributed by atoms with Crippen LogP contribution in [-0.4, -0.2) is 44.1 Å². The van der Waals surface area contributed by atoms with E-state index in [1.54, 1.807) is 25.6 Å². The molecule has 0 aliphatic heterocycles. The molecule has 2 heterocycles. The third kappa shape index (κ3) is 3.07. The van der Waals surface area contributed by atoms with E-state index in [9.17, 15) is 4.79 Å². The Kier molecular flexibility index (Phi) is 4.30. The predicted octanol–water partition coefficient (Wildman–Crippen LogP) is 0.647. The number of thiazole rings is 1. The molecule has 1 atom stereocenters. The number of nitriles is 1. The Hall–Kier alpha value is -2.31. The number of carbonyl (C=O) groups excluding carboxylic acids is 1. The molecule has 1 unspecified atom stereocenters. The van der Waals surface area contributed by atoms with E-state index in [0.29, 0.717) is 21.7 Å². The molecule has 9 heteroatoms. The fourth-order valence-corrected chi connectivity index (χ4v) is 2.57. The lowest BCUT2D eigenvalue weighted by atomic mass is 10.3. The maximum Gasteiger partial charge on any atom is 0.266 e. The molecule has 0 fully saturated rings. The van der Waals surface area contributed by atoms with Crippen molar-refractivity contribution in [2.24, 2.45) is 5.73 Å². The minimum atomic E-state index is -0.296. The number of rotatable bonds is 4. The Morgan fingerprint density at radius 3 is 3.00 bits per heavy atom. The second-order valence-corrected chi connectivity index (χ2v) is 5.55. The zero-order valence-corrected chi connectivity index (χ0v) is 12.8. The van der Waals surface area contributed by atoms with Gasteiger partial charge >= 0.3 is 0 Å². The molecule has 0 aromatic carbocycles. The second kappa shape index (κ2) is 5.99. The summed E-state index contributed by atoms with van der Waals surface area (Å²) in [5.41, 5.74) is 5.86. The van der Waals surface area contributed by atoms with Crippen molar-refractivity contribution in [3.8, 4) is 11.2 Å². The van der Waals surface area contributed by atoms with Gasteiger partial charge in [0.25, 0.3) is 5.91 Å². The van der Waals surface area contributed by atoms with Crippen molar-refractivity contribution in [2.45, 2.75) is 19.9 Å². The van der Waals surface area contributed by atoms with Crippen LogP contribution in [0.1, 0.15) is 34.3 Å². The second-order valence-electron chi connectivity index (χ2n) is 4.54. The summed E-state index contributed by atoms with van der Waals surface area (Å²) in [5, 5.41) is 13.4. The topological polar surface area (TPSA) is 114 Å². The van der Waals surface area contributed by atoms with Crippen LogP contribution in [0.25, 0.3) is 5.13 Å². The number of hydrogen-bond acceptors (Lipinski definition) is 7. The number of amides is 1. The summed E-state index contributed by atoms with van der Waals surface area (Å²) in [6.07, 6.45) is 1.47. The first kappa shape index (κ1) is 15.1. The van der Waals surface area contributed by atoms with Crippen LogP contribution in [0.4, 0.5) is 0 Å². The summed E-state index contributed by atoms with van der Waals surface area (Å²) in [7, 11) is 1.57. The first-order valence-electron chi connectivity index (χ1n) is 6.21. The zero-order chi connectivity index (χ0) is 15.6. The highest BCUT2D eigenvalue weighted by Gasteiger charge is 2.19. The molecule has 2 N–H and O–H groups in total. The molecule has 0 radical (unpaired) electrons. The number of nitrogens with zero attached hydrogens (tertiary/aromatic N) is 6. The molecule has 0 saturated carbocycles. The van der Waals surface area contributed by atoms with E-state index in [1.807, 2.05) is 6.07 Å². The maximum atomic E-state index is 12.1. The van der Waals surface area contributed by atoms with E-state index >= 15 is 0 Å². The molecule has 0 aliphatic carbocycles. The van der Waals surface area contributed by atoms with E-state index in [2.05, 4.69) is 15.1 Å². The first-order valence-corrected chi connectivity index (χ1v) is 7.03. The average Bonchev–Trinajstić information content (AvgIpc) is 3.04. The molecule has 2 rings (SSSR count). The number of carbonyl (C=O) groups is 1. The molecule has 0 spiro atoms. The Labute approximate surface area is 125 Å². The number of aryl methyl sites for hydroxylation is 1. The minimum absolute atomic E-state index is 0.0274. The van der Waals surface area contributed by atoms with Crippen molar-refractivity contribution < 1.29 is 4.79 Å². The smallest absolute Gasteiger partial charge is 0.266 e. The fraction of sp³-hybridized carbons (Fsp3) is 0.417. The van der Waals surface area contributed by atoms with Crippen molar-refractivity contribution in [3.63, 3.8) is 0 Å². The SMILES string of the molecule is Cc1nc(C(C)N)n(-c2ncc(C(=O)N(C)CC#N)s2)n1. The van der Waals surface area contributed by atoms with Gasteiger partial charge in [0.05, 0.1) is 18.3 Å². The van der Waals surface area contributed by atoms with Gasteiger partial charge in [-0.15, -0.1) is 5.10 Å². The summed E-state index contributed by atoms with van der Waals surface area (Å²) in [4.78, 5) is 22.3. The van der Waals surface area contributed by atoms with Crippen molar-refractivity contribution in [3.05, 3.63) is 22.7 Å². The van der Waals surface area contributed by atoms with E-state index in [1.165, 1.54) is 22.4 Å². The molecular formula is C12H15N7OS. The third-order valence-corrected chi connectivity index (χ3v) is 3.65. The number of nitrogens with two attached hydrogens (primary N) is 1. The van der Waals surface area contributed by atoms with Crippen molar-refractivity contribution in [1.82, 2.24) is 24.6 Å². The van der Waals surface area contributed by atoms with Crippen LogP contribution in [0, 0.1) is 18.3 Å². The number of aromatic nitrogens is 4. The van der Waals surface area contributed by atoms with Gasteiger partial charge in [-0.1, -0.05) is 11.3 Å². The van der Waals surface area contributed by atoms with Gasteiger partial charge in [-0.2, -0.15) is 9.94 Å². The molecule has 0 bridgehead atoms. The lowest BCUT2D eigenvalue weighted by Gasteiger charge is -2.10. The molecule has 2 aromatic rings. The predicted molar refractivity (Wildman–Crippen MR) is 76.9 cm³/mol. The molecule has 0 aliphatic rings. The largest absolute Gasteiger partial charge is 0.328 e. The first-order chi connectivity index (χ1) is 9.93. The van der Waals surface area contributed by atoms with E-state index in [4.69, 9.17) is 11.0 Å². The third-order valence-electron chi connectivity index (χ3n) is 2.69. The van der Waals surface area contributed by atoms with Gasteiger partial charge in [0, 0.05) is 7.05 Å². The molecule has 0 saturated heterocycles. The van der Waals surface area contributed by atoms with Crippen molar-refractivity contribution >= 4 is 17.2 Å². The fourth-order valence-electron chi connectivity index (χ4n) is 1.69. The Morgan fingerprint density at radius 1 is 1.67 bits per heavy atom. The van der Waals surface area contributed by atoms with Gasteiger partial charge in [-0.3, -0.25) is 4.79 Å². The molecule has 1 amide bonds. The Balaban J connectivity index is 2.33. The highest BCUT2D eigenvalue weighted by atomic mass is 32.1. The van der Waals surface area contributed by atoms with E-state index < -0.39 is 0 Å². The van der Waals surface area contributed by atoms with Gasteiger partial charge in [0.1, 0.15) is 17.2 Å². The van der Waals surface area contributed by atoms with Gasteiger partial charge in [0.2, 0.25) is 5.13 Å². The Bertz CT molecular complexity index is 697. The molecule has 8 nitrogen and oxygen atoms in total.